The molecule has 8 heteroatoms. The Bertz CT molecular complexity index is 1390. The summed E-state index contributed by atoms with van der Waals surface area (Å²) in [4.78, 5) is 15.5. The first kappa shape index (κ1) is 26.3. The Labute approximate surface area is 222 Å². The number of amides is 1. The van der Waals surface area contributed by atoms with Crippen molar-refractivity contribution in [2.24, 2.45) is 0 Å². The minimum Gasteiger partial charge on any atom is -0.495 e. The van der Waals surface area contributed by atoms with Crippen LogP contribution in [-0.2, 0) is 27.9 Å². The van der Waals surface area contributed by atoms with Gasteiger partial charge in [0.25, 0.3) is 10.0 Å². The molecule has 0 aromatic heterocycles. The lowest BCUT2D eigenvalue weighted by atomic mass is 10.1. The first-order valence-corrected chi connectivity index (χ1v) is 13.5. The lowest BCUT2D eigenvalue weighted by Crippen LogP contribution is -2.42. The van der Waals surface area contributed by atoms with E-state index >= 15 is 0 Å². The summed E-state index contributed by atoms with van der Waals surface area (Å²) < 4.78 is 33.8. The van der Waals surface area contributed by atoms with Gasteiger partial charge in [0, 0.05) is 13.1 Å². The average Bonchev–Trinajstić information content (AvgIpc) is 2.92. The molecule has 0 atom stereocenters. The zero-order valence-corrected chi connectivity index (χ0v) is 21.9. The van der Waals surface area contributed by atoms with Gasteiger partial charge in [0.05, 0.1) is 22.7 Å². The van der Waals surface area contributed by atoms with Gasteiger partial charge >= 0.3 is 0 Å². The van der Waals surface area contributed by atoms with Crippen LogP contribution in [0.15, 0.2) is 114 Å². The summed E-state index contributed by atoms with van der Waals surface area (Å²) in [7, 11) is -2.60. The van der Waals surface area contributed by atoms with E-state index in [9.17, 15) is 13.2 Å². The fourth-order valence-corrected chi connectivity index (χ4v) is 5.59. The number of sulfonamides is 1. The fraction of sp³-hybridized carbons (Fsp3) is 0.138. The van der Waals surface area contributed by atoms with Crippen molar-refractivity contribution < 1.29 is 17.9 Å². The van der Waals surface area contributed by atoms with Crippen LogP contribution in [-0.4, -0.2) is 32.9 Å². The molecule has 0 saturated carbocycles. The largest absolute Gasteiger partial charge is 0.495 e. The zero-order chi connectivity index (χ0) is 26.3. The second-order valence-electron chi connectivity index (χ2n) is 8.36. The number of anilines is 1. The Kier molecular flexibility index (Phi) is 8.48. The van der Waals surface area contributed by atoms with Crippen LogP contribution < -0.4 is 9.04 Å². The van der Waals surface area contributed by atoms with Gasteiger partial charge in [-0.2, -0.15) is 0 Å². The van der Waals surface area contributed by atoms with Crippen molar-refractivity contribution >= 4 is 33.2 Å². The molecule has 0 N–H and O–H groups in total. The Morgan fingerprint density at radius 3 is 1.78 bits per heavy atom. The van der Waals surface area contributed by atoms with E-state index in [0.717, 1.165) is 15.4 Å². The van der Waals surface area contributed by atoms with E-state index < -0.39 is 16.6 Å². The summed E-state index contributed by atoms with van der Waals surface area (Å²) in [5.74, 6) is 0.0581. The Hall–Kier alpha value is -3.81. The van der Waals surface area contributed by atoms with E-state index in [0.29, 0.717) is 18.8 Å². The maximum atomic E-state index is 13.8. The third-order valence-electron chi connectivity index (χ3n) is 5.82. The summed E-state index contributed by atoms with van der Waals surface area (Å²) in [6.07, 6.45) is 0. The zero-order valence-electron chi connectivity index (χ0n) is 20.3. The Morgan fingerprint density at radius 2 is 1.30 bits per heavy atom. The van der Waals surface area contributed by atoms with Crippen molar-refractivity contribution in [2.75, 3.05) is 18.0 Å². The molecule has 4 aromatic carbocycles. The molecule has 0 aliphatic heterocycles. The topological polar surface area (TPSA) is 66.9 Å². The monoisotopic (exact) mass is 534 g/mol. The van der Waals surface area contributed by atoms with Gasteiger partial charge in [-0.05, 0) is 41.5 Å². The Morgan fingerprint density at radius 1 is 0.784 bits per heavy atom. The number of benzene rings is 4. The summed E-state index contributed by atoms with van der Waals surface area (Å²) in [5.41, 5.74) is 2.15. The number of ether oxygens (including phenoxy) is 1. The lowest BCUT2D eigenvalue weighted by Gasteiger charge is -2.29. The van der Waals surface area contributed by atoms with Gasteiger partial charge in [-0.1, -0.05) is 90.5 Å². The second-order valence-corrected chi connectivity index (χ2v) is 10.6. The van der Waals surface area contributed by atoms with Crippen LogP contribution >= 0.6 is 11.6 Å². The van der Waals surface area contributed by atoms with Crippen LogP contribution in [0.5, 0.6) is 5.75 Å². The third kappa shape index (κ3) is 6.50. The summed E-state index contributed by atoms with van der Waals surface area (Å²) in [6, 6.07) is 31.9. The summed E-state index contributed by atoms with van der Waals surface area (Å²) >= 11 is 6.34. The Balaban J connectivity index is 1.71. The summed E-state index contributed by atoms with van der Waals surface area (Å²) in [6.45, 7) is 0.258. The van der Waals surface area contributed by atoms with Crippen LogP contribution in [0.4, 0.5) is 5.69 Å². The second kappa shape index (κ2) is 12.0. The average molecular weight is 535 g/mol. The van der Waals surface area contributed by atoms with Crippen LogP contribution in [0.3, 0.4) is 0 Å². The predicted octanol–water partition coefficient (Wildman–Crippen LogP) is 5.77. The molecule has 0 heterocycles. The van der Waals surface area contributed by atoms with Gasteiger partial charge in [0.1, 0.15) is 12.3 Å². The van der Waals surface area contributed by atoms with Gasteiger partial charge in [0.2, 0.25) is 5.91 Å². The number of hydrogen-bond donors (Lipinski definition) is 0. The van der Waals surface area contributed by atoms with Crippen LogP contribution in [0, 0.1) is 0 Å². The number of hydrogen-bond acceptors (Lipinski definition) is 4. The highest BCUT2D eigenvalue weighted by molar-refractivity contribution is 7.92. The number of nitrogens with zero attached hydrogens (tertiary/aromatic N) is 2. The normalized spacial score (nSPS) is 11.1. The van der Waals surface area contributed by atoms with Crippen LogP contribution in [0.1, 0.15) is 11.1 Å². The lowest BCUT2D eigenvalue weighted by molar-refractivity contribution is -0.130. The SMILES string of the molecule is COc1ccc(N(CC(=O)N(Cc2ccccc2)Cc2ccccc2)S(=O)(=O)c2ccccc2)cc1Cl. The molecule has 0 aliphatic rings. The highest BCUT2D eigenvalue weighted by Gasteiger charge is 2.29. The van der Waals surface area contributed by atoms with Crippen molar-refractivity contribution in [1.82, 2.24) is 4.90 Å². The van der Waals surface area contributed by atoms with E-state index in [-0.39, 0.29) is 21.5 Å². The predicted molar refractivity (Wildman–Crippen MR) is 146 cm³/mol. The quantitative estimate of drug-likeness (QED) is 0.259. The van der Waals surface area contributed by atoms with Crippen molar-refractivity contribution in [3.8, 4) is 5.75 Å². The fourth-order valence-electron chi connectivity index (χ4n) is 3.91. The highest BCUT2D eigenvalue weighted by atomic mass is 35.5. The van der Waals surface area contributed by atoms with Crippen molar-refractivity contribution in [2.45, 2.75) is 18.0 Å². The molecule has 4 aromatic rings. The molecule has 0 saturated heterocycles. The number of rotatable bonds is 10. The number of methoxy groups -OCH3 is 1. The third-order valence-corrected chi connectivity index (χ3v) is 7.90. The van der Waals surface area contributed by atoms with Crippen LogP contribution in [0.25, 0.3) is 0 Å². The maximum absolute atomic E-state index is 13.8. The van der Waals surface area contributed by atoms with Gasteiger partial charge in [-0.15, -0.1) is 0 Å². The van der Waals surface area contributed by atoms with E-state index in [1.54, 1.807) is 35.2 Å². The van der Waals surface area contributed by atoms with Gasteiger partial charge in [-0.25, -0.2) is 8.42 Å². The van der Waals surface area contributed by atoms with E-state index in [2.05, 4.69) is 0 Å². The molecule has 0 spiro atoms. The van der Waals surface area contributed by atoms with Gasteiger partial charge in [0.15, 0.2) is 0 Å². The van der Waals surface area contributed by atoms with Crippen LogP contribution in [0.2, 0.25) is 5.02 Å². The van der Waals surface area contributed by atoms with Gasteiger partial charge < -0.3 is 9.64 Å². The molecule has 0 aliphatic carbocycles. The molecule has 0 radical (unpaired) electrons. The van der Waals surface area contributed by atoms with Gasteiger partial charge in [-0.3, -0.25) is 9.10 Å². The molecular formula is C29H27ClN2O4S. The standard InChI is InChI=1S/C29H27ClN2O4S/c1-36-28-18-17-25(19-27(28)30)32(37(34,35)26-15-9-4-10-16-26)22-29(33)31(20-23-11-5-2-6-12-23)21-24-13-7-3-8-14-24/h2-19H,20-22H2,1H3. The first-order valence-electron chi connectivity index (χ1n) is 11.7. The molecule has 0 bridgehead atoms. The number of carbonyl (C=O) groups is 1. The van der Waals surface area contributed by atoms with Crippen molar-refractivity contribution in [3.05, 3.63) is 125 Å². The first-order chi connectivity index (χ1) is 17.9. The van der Waals surface area contributed by atoms with E-state index in [4.69, 9.17) is 16.3 Å². The molecule has 1 amide bonds. The smallest absolute Gasteiger partial charge is 0.264 e. The van der Waals surface area contributed by atoms with E-state index in [1.165, 1.54) is 25.3 Å². The molecule has 0 unspecified atom stereocenters. The minimum atomic E-state index is -4.08. The minimum absolute atomic E-state index is 0.0763. The molecule has 190 valence electrons. The molecular weight excluding hydrogens is 508 g/mol. The summed E-state index contributed by atoms with van der Waals surface area (Å²) in [5, 5.41) is 0.242. The number of carbonyl (C=O) groups excluding carboxylic acids is 1. The van der Waals surface area contributed by atoms with E-state index in [1.807, 2.05) is 60.7 Å². The highest BCUT2D eigenvalue weighted by Crippen LogP contribution is 2.32. The molecule has 0 fully saturated rings. The maximum Gasteiger partial charge on any atom is 0.264 e. The van der Waals surface area contributed by atoms with Crippen molar-refractivity contribution in [1.29, 1.82) is 0 Å². The molecule has 37 heavy (non-hydrogen) atoms. The molecule has 4 rings (SSSR count). The van der Waals surface area contributed by atoms with Crippen molar-refractivity contribution in [3.63, 3.8) is 0 Å². The number of halogens is 1. The molecule has 6 nitrogen and oxygen atoms in total.